The molecule has 1 aromatic carbocycles. The molecule has 2 aliphatic heterocycles. The van der Waals surface area contributed by atoms with Gasteiger partial charge in [-0.25, -0.2) is 0 Å². The molecule has 0 spiro atoms. The Balaban J connectivity index is 1.85. The maximum absolute atomic E-state index is 5.70. The average molecular weight is 220 g/mol. The molecular formula is C11H13BO4. The van der Waals surface area contributed by atoms with Gasteiger partial charge in [-0.3, -0.25) is 0 Å². The molecule has 0 radical (unpaired) electrons. The molecule has 2 heterocycles. The summed E-state index contributed by atoms with van der Waals surface area (Å²) in [7, 11) is -0.292. The zero-order valence-corrected chi connectivity index (χ0v) is 9.30. The highest BCUT2D eigenvalue weighted by atomic mass is 16.7. The minimum absolute atomic E-state index is 0.121. The van der Waals surface area contributed by atoms with Gasteiger partial charge in [-0.2, -0.15) is 0 Å². The van der Waals surface area contributed by atoms with Crippen LogP contribution in [0.1, 0.15) is 13.8 Å². The van der Waals surface area contributed by atoms with E-state index in [1.54, 1.807) is 0 Å². The number of hydrogen-bond donors (Lipinski definition) is 0. The third-order valence-electron chi connectivity index (χ3n) is 3.01. The summed E-state index contributed by atoms with van der Waals surface area (Å²) < 4.78 is 22.0. The highest BCUT2D eigenvalue weighted by Crippen LogP contribution is 2.30. The highest BCUT2D eigenvalue weighted by molar-refractivity contribution is 6.62. The zero-order valence-electron chi connectivity index (χ0n) is 9.30. The molecule has 84 valence electrons. The predicted octanol–water partition coefficient (Wildman–Crippen LogP) is 0.934. The third-order valence-corrected chi connectivity index (χ3v) is 3.01. The van der Waals surface area contributed by atoms with Crippen LogP contribution in [-0.2, 0) is 9.31 Å². The van der Waals surface area contributed by atoms with E-state index in [9.17, 15) is 0 Å². The van der Waals surface area contributed by atoms with Crippen LogP contribution in [0.15, 0.2) is 18.2 Å². The lowest BCUT2D eigenvalue weighted by atomic mass is 9.79. The van der Waals surface area contributed by atoms with Gasteiger partial charge in [0.05, 0.1) is 12.2 Å². The Morgan fingerprint density at radius 1 is 1.06 bits per heavy atom. The fraction of sp³-hybridized carbons (Fsp3) is 0.455. The summed E-state index contributed by atoms with van der Waals surface area (Å²) in [4.78, 5) is 0. The fourth-order valence-corrected chi connectivity index (χ4v) is 1.86. The van der Waals surface area contributed by atoms with Crippen molar-refractivity contribution in [2.45, 2.75) is 26.1 Å². The van der Waals surface area contributed by atoms with Crippen LogP contribution >= 0.6 is 0 Å². The van der Waals surface area contributed by atoms with Gasteiger partial charge in [0.25, 0.3) is 0 Å². The van der Waals surface area contributed by atoms with Crippen molar-refractivity contribution >= 4 is 12.6 Å². The first-order chi connectivity index (χ1) is 7.74. The lowest BCUT2D eigenvalue weighted by Gasteiger charge is -2.05. The Hall–Kier alpha value is -1.20. The van der Waals surface area contributed by atoms with Gasteiger partial charge in [0, 0.05) is 0 Å². The summed E-state index contributed by atoms with van der Waals surface area (Å²) in [6, 6.07) is 5.75. The van der Waals surface area contributed by atoms with E-state index in [2.05, 4.69) is 0 Å². The van der Waals surface area contributed by atoms with Gasteiger partial charge < -0.3 is 18.8 Å². The van der Waals surface area contributed by atoms with Crippen molar-refractivity contribution in [1.82, 2.24) is 0 Å². The standard InChI is InChI=1S/C11H13BO4/c1-7-8(2)16-12(15-7)9-3-4-10-11(5-9)14-6-13-10/h3-5,7-8H,6H2,1-2H3/t7-,8-/m1/s1. The number of fused-ring (bicyclic) bond motifs is 1. The van der Waals surface area contributed by atoms with Crippen LogP contribution in [0.4, 0.5) is 0 Å². The Morgan fingerprint density at radius 2 is 1.75 bits per heavy atom. The van der Waals surface area contributed by atoms with Crippen molar-refractivity contribution in [3.8, 4) is 11.5 Å². The van der Waals surface area contributed by atoms with Gasteiger partial charge in [-0.05, 0) is 31.4 Å². The normalized spacial score (nSPS) is 27.5. The number of rotatable bonds is 1. The molecule has 5 heteroatoms. The number of ether oxygens (including phenoxy) is 2. The van der Waals surface area contributed by atoms with Crippen LogP contribution in [-0.4, -0.2) is 26.1 Å². The van der Waals surface area contributed by atoms with E-state index in [-0.39, 0.29) is 26.1 Å². The first kappa shape index (κ1) is 9.99. The fourth-order valence-electron chi connectivity index (χ4n) is 1.86. The van der Waals surface area contributed by atoms with E-state index in [4.69, 9.17) is 18.8 Å². The quantitative estimate of drug-likeness (QED) is 0.660. The Labute approximate surface area is 94.6 Å². The van der Waals surface area contributed by atoms with Crippen molar-refractivity contribution in [1.29, 1.82) is 0 Å². The van der Waals surface area contributed by atoms with Crippen LogP contribution in [0.3, 0.4) is 0 Å². The molecule has 1 fully saturated rings. The van der Waals surface area contributed by atoms with Crippen LogP contribution in [0.2, 0.25) is 0 Å². The van der Waals surface area contributed by atoms with Crippen molar-refractivity contribution < 1.29 is 18.8 Å². The van der Waals surface area contributed by atoms with Crippen LogP contribution in [0.25, 0.3) is 0 Å². The summed E-state index contributed by atoms with van der Waals surface area (Å²) in [5.74, 6) is 1.54. The minimum Gasteiger partial charge on any atom is -0.454 e. The SMILES string of the molecule is C[C@H]1OB(c2ccc3c(c2)OCO3)O[C@@H]1C. The topological polar surface area (TPSA) is 36.9 Å². The maximum atomic E-state index is 5.70. The summed E-state index contributed by atoms with van der Waals surface area (Å²) in [6.45, 7) is 4.31. The smallest absolute Gasteiger partial charge is 0.454 e. The Bertz CT molecular complexity index is 399. The molecule has 0 aromatic heterocycles. The second-order valence-corrected chi connectivity index (χ2v) is 4.13. The van der Waals surface area contributed by atoms with E-state index in [0.717, 1.165) is 17.0 Å². The molecule has 2 atom stereocenters. The number of hydrogen-bond acceptors (Lipinski definition) is 4. The molecule has 3 rings (SSSR count). The summed E-state index contributed by atoms with van der Waals surface area (Å²) in [5.41, 5.74) is 0.973. The molecule has 1 aromatic rings. The van der Waals surface area contributed by atoms with Gasteiger partial charge >= 0.3 is 7.12 Å². The molecule has 16 heavy (non-hydrogen) atoms. The van der Waals surface area contributed by atoms with Crippen LogP contribution < -0.4 is 14.9 Å². The van der Waals surface area contributed by atoms with E-state index in [0.29, 0.717) is 0 Å². The molecule has 0 saturated carbocycles. The van der Waals surface area contributed by atoms with Gasteiger partial charge in [-0.15, -0.1) is 0 Å². The molecule has 1 saturated heterocycles. The van der Waals surface area contributed by atoms with Crippen LogP contribution in [0, 0.1) is 0 Å². The van der Waals surface area contributed by atoms with Gasteiger partial charge in [0.1, 0.15) is 0 Å². The number of benzene rings is 1. The van der Waals surface area contributed by atoms with Gasteiger partial charge in [-0.1, -0.05) is 6.07 Å². The van der Waals surface area contributed by atoms with E-state index < -0.39 is 0 Å². The first-order valence-electron chi connectivity index (χ1n) is 5.44. The Kier molecular flexibility index (Phi) is 2.30. The highest BCUT2D eigenvalue weighted by Gasteiger charge is 2.36. The maximum Gasteiger partial charge on any atom is 0.494 e. The molecule has 0 bridgehead atoms. The summed E-state index contributed by atoms with van der Waals surface area (Å²) in [5, 5.41) is 0. The van der Waals surface area contributed by atoms with Crippen molar-refractivity contribution in [2.75, 3.05) is 6.79 Å². The van der Waals surface area contributed by atoms with Crippen LogP contribution in [0.5, 0.6) is 11.5 Å². The largest absolute Gasteiger partial charge is 0.494 e. The van der Waals surface area contributed by atoms with E-state index in [1.807, 2.05) is 32.0 Å². The minimum atomic E-state index is -0.292. The second-order valence-electron chi connectivity index (χ2n) is 4.13. The third kappa shape index (κ3) is 1.56. The molecule has 0 aliphatic carbocycles. The van der Waals surface area contributed by atoms with Crippen molar-refractivity contribution in [3.63, 3.8) is 0 Å². The lowest BCUT2D eigenvalue weighted by Crippen LogP contribution is -2.32. The lowest BCUT2D eigenvalue weighted by molar-refractivity contribution is 0.174. The van der Waals surface area contributed by atoms with Gasteiger partial charge in [0.15, 0.2) is 11.5 Å². The molecule has 0 N–H and O–H groups in total. The average Bonchev–Trinajstić information content (AvgIpc) is 2.85. The molecular weight excluding hydrogens is 207 g/mol. The van der Waals surface area contributed by atoms with Crippen molar-refractivity contribution in [2.24, 2.45) is 0 Å². The Morgan fingerprint density at radius 3 is 2.50 bits per heavy atom. The van der Waals surface area contributed by atoms with Crippen molar-refractivity contribution in [3.05, 3.63) is 18.2 Å². The molecule has 4 nitrogen and oxygen atoms in total. The van der Waals surface area contributed by atoms with E-state index >= 15 is 0 Å². The molecule has 0 unspecified atom stereocenters. The molecule has 0 amide bonds. The monoisotopic (exact) mass is 220 g/mol. The summed E-state index contributed by atoms with van der Waals surface area (Å²) >= 11 is 0. The predicted molar refractivity (Wildman–Crippen MR) is 59.0 cm³/mol. The van der Waals surface area contributed by atoms with Gasteiger partial charge in [0.2, 0.25) is 6.79 Å². The zero-order chi connectivity index (χ0) is 11.1. The van der Waals surface area contributed by atoms with E-state index in [1.165, 1.54) is 0 Å². The first-order valence-corrected chi connectivity index (χ1v) is 5.44. The summed E-state index contributed by atoms with van der Waals surface area (Å²) in [6.07, 6.45) is 0.242. The second kappa shape index (κ2) is 3.68. The molecule has 2 aliphatic rings.